The lowest BCUT2D eigenvalue weighted by atomic mass is 10.0. The van der Waals surface area contributed by atoms with Gasteiger partial charge in [0.1, 0.15) is 0 Å². The number of nitrogens with one attached hydrogen (secondary N) is 2. The van der Waals surface area contributed by atoms with Crippen molar-refractivity contribution in [2.75, 3.05) is 6.54 Å². The molecule has 3 N–H and O–H groups in total. The van der Waals surface area contributed by atoms with E-state index < -0.39 is 5.97 Å². The largest absolute Gasteiger partial charge is 0.476 e. The molecule has 0 aromatic carbocycles. The van der Waals surface area contributed by atoms with E-state index in [9.17, 15) is 9.59 Å². The van der Waals surface area contributed by atoms with E-state index in [1.165, 1.54) is 38.2 Å². The molecular weight excluding hydrogens is 272 g/mol. The lowest BCUT2D eigenvalue weighted by molar-refractivity contribution is 0.0691. The molecule has 1 fully saturated rings. The van der Waals surface area contributed by atoms with Crippen LogP contribution in [0.5, 0.6) is 0 Å². The van der Waals surface area contributed by atoms with Crippen LogP contribution in [0.25, 0.3) is 0 Å². The average Bonchev–Trinajstić information content (AvgIpc) is 3.10. The molecule has 0 saturated heterocycles. The van der Waals surface area contributed by atoms with Crippen molar-refractivity contribution in [3.63, 3.8) is 0 Å². The Bertz CT molecular complexity index is 494. The van der Waals surface area contributed by atoms with Crippen molar-refractivity contribution in [3.8, 4) is 0 Å². The molecule has 1 aliphatic carbocycles. The van der Waals surface area contributed by atoms with Gasteiger partial charge in [-0.2, -0.15) is 0 Å². The zero-order valence-corrected chi connectivity index (χ0v) is 12.2. The van der Waals surface area contributed by atoms with Crippen LogP contribution in [0.15, 0.2) is 12.5 Å². The second-order valence-electron chi connectivity index (χ2n) is 5.54. The van der Waals surface area contributed by atoms with Crippen molar-refractivity contribution in [1.29, 1.82) is 0 Å². The number of aromatic carboxylic acids is 1. The molecule has 1 aliphatic rings. The van der Waals surface area contributed by atoms with Crippen LogP contribution in [-0.2, 0) is 6.54 Å². The number of aromatic nitrogens is 2. The van der Waals surface area contributed by atoms with Gasteiger partial charge in [0.25, 0.3) is 0 Å². The summed E-state index contributed by atoms with van der Waals surface area (Å²) in [6, 6.07) is 0.0207. The first-order chi connectivity index (χ1) is 10.1. The first-order valence-corrected chi connectivity index (χ1v) is 7.35. The number of urea groups is 1. The van der Waals surface area contributed by atoms with Gasteiger partial charge in [-0.05, 0) is 25.7 Å². The van der Waals surface area contributed by atoms with Gasteiger partial charge < -0.3 is 20.3 Å². The molecule has 0 bridgehead atoms. The summed E-state index contributed by atoms with van der Waals surface area (Å²) in [5.41, 5.74) is 0.00862. The van der Waals surface area contributed by atoms with Crippen molar-refractivity contribution < 1.29 is 14.7 Å². The molecule has 7 nitrogen and oxygen atoms in total. The van der Waals surface area contributed by atoms with E-state index in [0.29, 0.717) is 19.0 Å². The van der Waals surface area contributed by atoms with Crippen LogP contribution in [0.4, 0.5) is 4.79 Å². The Morgan fingerprint density at radius 2 is 2.19 bits per heavy atom. The van der Waals surface area contributed by atoms with Crippen LogP contribution in [0.1, 0.15) is 43.1 Å². The van der Waals surface area contributed by atoms with Gasteiger partial charge in [-0.1, -0.05) is 12.8 Å². The maximum absolute atomic E-state index is 11.8. The molecular formula is C14H22N4O3. The first-order valence-electron chi connectivity index (χ1n) is 7.35. The molecule has 116 valence electrons. The molecule has 1 unspecified atom stereocenters. The van der Waals surface area contributed by atoms with Crippen LogP contribution in [0.3, 0.4) is 0 Å². The van der Waals surface area contributed by atoms with Crippen LogP contribution in [0, 0.1) is 5.92 Å². The van der Waals surface area contributed by atoms with Crippen LogP contribution in [0.2, 0.25) is 0 Å². The van der Waals surface area contributed by atoms with E-state index in [1.807, 2.05) is 6.92 Å². The van der Waals surface area contributed by atoms with Crippen molar-refractivity contribution in [2.24, 2.45) is 5.92 Å². The highest BCUT2D eigenvalue weighted by Gasteiger charge is 2.22. The number of hydrogen-bond donors (Lipinski definition) is 3. The smallest absolute Gasteiger partial charge is 0.356 e. The predicted molar refractivity (Wildman–Crippen MR) is 77.1 cm³/mol. The summed E-state index contributed by atoms with van der Waals surface area (Å²) in [4.78, 5) is 26.2. The van der Waals surface area contributed by atoms with Gasteiger partial charge in [0, 0.05) is 25.3 Å². The van der Waals surface area contributed by atoms with E-state index in [2.05, 4.69) is 15.6 Å². The number of hydrogen-bond acceptors (Lipinski definition) is 3. The Morgan fingerprint density at radius 3 is 2.81 bits per heavy atom. The lowest BCUT2D eigenvalue weighted by Gasteiger charge is -2.20. The summed E-state index contributed by atoms with van der Waals surface area (Å²) < 4.78 is 1.64. The summed E-state index contributed by atoms with van der Waals surface area (Å²) in [6.45, 7) is 2.97. The zero-order chi connectivity index (χ0) is 15.2. The van der Waals surface area contributed by atoms with Crippen molar-refractivity contribution in [2.45, 2.75) is 45.2 Å². The Hall–Kier alpha value is -2.05. The molecule has 0 spiro atoms. The summed E-state index contributed by atoms with van der Waals surface area (Å²) in [5.74, 6) is -0.465. The zero-order valence-electron chi connectivity index (χ0n) is 12.2. The van der Waals surface area contributed by atoms with Crippen molar-refractivity contribution in [1.82, 2.24) is 20.2 Å². The molecule has 1 saturated carbocycles. The van der Waals surface area contributed by atoms with Gasteiger partial charge in [0.2, 0.25) is 0 Å². The molecule has 1 atom stereocenters. The minimum absolute atomic E-state index is 0.00862. The van der Waals surface area contributed by atoms with Crippen molar-refractivity contribution >= 4 is 12.0 Å². The van der Waals surface area contributed by atoms with E-state index in [4.69, 9.17) is 5.11 Å². The summed E-state index contributed by atoms with van der Waals surface area (Å²) in [5, 5.41) is 14.5. The number of carboxylic acid groups (broad SMARTS) is 1. The van der Waals surface area contributed by atoms with E-state index in [0.717, 1.165) is 0 Å². The van der Waals surface area contributed by atoms with Crippen LogP contribution < -0.4 is 10.6 Å². The van der Waals surface area contributed by atoms with Gasteiger partial charge >= 0.3 is 12.0 Å². The fraction of sp³-hybridized carbons (Fsp3) is 0.643. The molecule has 2 rings (SSSR count). The highest BCUT2D eigenvalue weighted by Crippen LogP contribution is 2.27. The normalized spacial score (nSPS) is 16.6. The molecule has 7 heteroatoms. The second kappa shape index (κ2) is 7.10. The van der Waals surface area contributed by atoms with Crippen molar-refractivity contribution in [3.05, 3.63) is 18.2 Å². The third-order valence-electron chi connectivity index (χ3n) is 3.97. The number of nitrogens with zero attached hydrogens (tertiary/aromatic N) is 2. The third kappa shape index (κ3) is 4.47. The van der Waals surface area contributed by atoms with Crippen LogP contribution >= 0.6 is 0 Å². The number of carbonyl (C=O) groups excluding carboxylic acids is 1. The summed E-state index contributed by atoms with van der Waals surface area (Å²) >= 11 is 0. The molecule has 2 amide bonds. The Kier molecular flexibility index (Phi) is 5.19. The van der Waals surface area contributed by atoms with Gasteiger partial charge in [0.05, 0.1) is 6.33 Å². The monoisotopic (exact) mass is 294 g/mol. The number of carboxylic acids is 1. The molecule has 21 heavy (non-hydrogen) atoms. The fourth-order valence-electron chi connectivity index (χ4n) is 2.72. The number of imidazole rings is 1. The van der Waals surface area contributed by atoms with E-state index in [1.54, 1.807) is 4.57 Å². The van der Waals surface area contributed by atoms with E-state index in [-0.39, 0.29) is 17.8 Å². The first kappa shape index (κ1) is 15.3. The van der Waals surface area contributed by atoms with Crippen LogP contribution in [-0.4, -0.2) is 39.2 Å². The third-order valence-corrected chi connectivity index (χ3v) is 3.97. The number of carbonyl (C=O) groups is 2. The van der Waals surface area contributed by atoms with Gasteiger partial charge in [0.15, 0.2) is 5.69 Å². The predicted octanol–water partition coefficient (Wildman–Crippen LogP) is 1.46. The maximum atomic E-state index is 11.8. The Labute approximate surface area is 123 Å². The highest BCUT2D eigenvalue weighted by molar-refractivity contribution is 5.84. The molecule has 0 radical (unpaired) electrons. The Balaban J connectivity index is 1.67. The fourth-order valence-corrected chi connectivity index (χ4v) is 2.72. The minimum Gasteiger partial charge on any atom is -0.476 e. The van der Waals surface area contributed by atoms with Gasteiger partial charge in [-0.3, -0.25) is 0 Å². The van der Waals surface area contributed by atoms with E-state index >= 15 is 0 Å². The summed E-state index contributed by atoms with van der Waals surface area (Å²) in [6.07, 6.45) is 7.78. The SMILES string of the molecule is CC(NC(=O)NCCn1cnc(C(=O)O)c1)C1CCCC1. The minimum atomic E-state index is -1.05. The topological polar surface area (TPSA) is 96.3 Å². The summed E-state index contributed by atoms with van der Waals surface area (Å²) in [7, 11) is 0. The number of amides is 2. The van der Waals surface area contributed by atoms with Gasteiger partial charge in [-0.15, -0.1) is 0 Å². The number of rotatable bonds is 6. The Morgan fingerprint density at radius 1 is 1.48 bits per heavy atom. The molecule has 1 aromatic rings. The standard InChI is InChI=1S/C14H22N4O3/c1-10(11-4-2-3-5-11)17-14(21)15-6-7-18-8-12(13(19)20)16-9-18/h8-11H,2-7H2,1H3,(H,19,20)(H2,15,17,21). The second-order valence-corrected chi connectivity index (χ2v) is 5.54. The quantitative estimate of drug-likeness (QED) is 0.740. The highest BCUT2D eigenvalue weighted by atomic mass is 16.4. The molecule has 1 aromatic heterocycles. The van der Waals surface area contributed by atoms with Gasteiger partial charge in [-0.25, -0.2) is 14.6 Å². The maximum Gasteiger partial charge on any atom is 0.356 e. The molecule has 1 heterocycles. The molecule has 0 aliphatic heterocycles. The average molecular weight is 294 g/mol. The lowest BCUT2D eigenvalue weighted by Crippen LogP contribution is -2.44.